The van der Waals surface area contributed by atoms with Gasteiger partial charge in [-0.05, 0) is 24.3 Å². The molecule has 3 heterocycles. The molecule has 11 heteroatoms. The number of methoxy groups -OCH3 is 1. The van der Waals surface area contributed by atoms with Crippen LogP contribution in [0.15, 0.2) is 61.2 Å². The second kappa shape index (κ2) is 12.3. The first kappa shape index (κ1) is 25.4. The van der Waals surface area contributed by atoms with Crippen LogP contribution in [0.5, 0.6) is 5.75 Å². The van der Waals surface area contributed by atoms with Crippen molar-refractivity contribution in [1.82, 2.24) is 24.6 Å². The first-order valence-electron chi connectivity index (χ1n) is 10.9. The monoisotopic (exact) mass is 480 g/mol. The molecule has 1 aromatic carbocycles. The highest BCUT2D eigenvalue weighted by molar-refractivity contribution is 5.89. The lowest BCUT2D eigenvalue weighted by molar-refractivity contribution is -0.134. The lowest BCUT2D eigenvalue weighted by Gasteiger charge is -2.35. The smallest absolute Gasteiger partial charge is 0.328 e. The Balaban J connectivity index is 0.000000371. The van der Waals surface area contributed by atoms with Crippen LogP contribution < -0.4 is 9.64 Å². The molecule has 184 valence electrons. The molecule has 2 aromatic heterocycles. The van der Waals surface area contributed by atoms with Gasteiger partial charge >= 0.3 is 11.9 Å². The van der Waals surface area contributed by atoms with E-state index in [9.17, 15) is 9.59 Å². The van der Waals surface area contributed by atoms with E-state index in [1.165, 1.54) is 5.56 Å². The average Bonchev–Trinajstić information content (AvgIpc) is 3.28. The maximum absolute atomic E-state index is 9.55. The van der Waals surface area contributed by atoms with E-state index in [2.05, 4.69) is 31.1 Å². The third-order valence-corrected chi connectivity index (χ3v) is 5.25. The summed E-state index contributed by atoms with van der Waals surface area (Å²) in [5.74, 6) is -0.725. The molecule has 0 unspecified atom stereocenters. The zero-order valence-corrected chi connectivity index (χ0v) is 19.6. The van der Waals surface area contributed by atoms with Crippen LogP contribution in [0.1, 0.15) is 5.56 Å². The highest BCUT2D eigenvalue weighted by atomic mass is 16.5. The maximum Gasteiger partial charge on any atom is 0.328 e. The van der Waals surface area contributed by atoms with E-state index in [-0.39, 0.29) is 0 Å². The minimum atomic E-state index is -1.26. The summed E-state index contributed by atoms with van der Waals surface area (Å²) in [6.07, 6.45) is 8.66. The molecule has 0 saturated carbocycles. The highest BCUT2D eigenvalue weighted by Crippen LogP contribution is 2.28. The van der Waals surface area contributed by atoms with Crippen molar-refractivity contribution >= 4 is 17.8 Å². The summed E-state index contributed by atoms with van der Waals surface area (Å²) in [6.45, 7) is 4.79. The molecule has 1 fully saturated rings. The van der Waals surface area contributed by atoms with E-state index in [0.717, 1.165) is 55.5 Å². The summed E-state index contributed by atoms with van der Waals surface area (Å²) in [5.41, 5.74) is 3.22. The Kier molecular flexibility index (Phi) is 8.90. The van der Waals surface area contributed by atoms with E-state index in [1.807, 2.05) is 42.2 Å². The molecule has 0 bridgehead atoms. The third-order valence-electron chi connectivity index (χ3n) is 5.25. The van der Waals surface area contributed by atoms with Crippen LogP contribution in [0.4, 0.5) is 5.82 Å². The average molecular weight is 481 g/mol. The summed E-state index contributed by atoms with van der Waals surface area (Å²) in [5, 5.41) is 19.9. The fourth-order valence-corrected chi connectivity index (χ4v) is 3.59. The van der Waals surface area contributed by atoms with Crippen molar-refractivity contribution in [2.45, 2.75) is 6.54 Å². The van der Waals surface area contributed by atoms with Gasteiger partial charge in [0, 0.05) is 81.6 Å². The number of rotatable bonds is 7. The number of anilines is 1. The molecule has 0 radical (unpaired) electrons. The molecule has 1 aliphatic heterocycles. The molecule has 3 aromatic rings. The molecule has 2 N–H and O–H groups in total. The van der Waals surface area contributed by atoms with E-state index in [1.54, 1.807) is 19.5 Å². The van der Waals surface area contributed by atoms with E-state index in [4.69, 9.17) is 14.9 Å². The van der Waals surface area contributed by atoms with Crippen molar-refractivity contribution in [3.05, 3.63) is 66.8 Å². The molecule has 11 nitrogen and oxygen atoms in total. The number of aryl methyl sites for hydroxylation is 1. The van der Waals surface area contributed by atoms with Gasteiger partial charge in [-0.3, -0.25) is 14.6 Å². The quantitative estimate of drug-likeness (QED) is 0.483. The van der Waals surface area contributed by atoms with Crippen LogP contribution in [0.25, 0.3) is 11.3 Å². The van der Waals surface area contributed by atoms with Crippen LogP contribution in [-0.4, -0.2) is 80.1 Å². The number of carbonyl (C=O) groups is 2. The Labute approximate surface area is 202 Å². The van der Waals surface area contributed by atoms with Gasteiger partial charge in [-0.2, -0.15) is 5.10 Å². The molecule has 35 heavy (non-hydrogen) atoms. The SMILES string of the molecule is COc1ccc(-c2nccnc2N2CCN(Cc3cnn(C)c3)CC2)cc1.O=C(O)C=CC(=O)O. The van der Waals surface area contributed by atoms with Crippen LogP contribution in [-0.2, 0) is 23.2 Å². The second-order valence-corrected chi connectivity index (χ2v) is 7.75. The summed E-state index contributed by atoms with van der Waals surface area (Å²) in [6, 6.07) is 7.98. The zero-order valence-electron chi connectivity index (χ0n) is 19.6. The predicted octanol–water partition coefficient (Wildman–Crippen LogP) is 1.92. The Hall–Kier alpha value is -4.25. The molecule has 1 saturated heterocycles. The molecule has 0 atom stereocenters. The molecular formula is C24H28N6O5. The topological polar surface area (TPSA) is 134 Å². The van der Waals surface area contributed by atoms with E-state index < -0.39 is 11.9 Å². The van der Waals surface area contributed by atoms with Crippen molar-refractivity contribution in [1.29, 1.82) is 0 Å². The van der Waals surface area contributed by atoms with Gasteiger partial charge in [-0.1, -0.05) is 0 Å². The largest absolute Gasteiger partial charge is 0.497 e. The van der Waals surface area contributed by atoms with Crippen molar-refractivity contribution in [2.24, 2.45) is 7.05 Å². The standard InChI is InChI=1S/C20H24N6O.C4H4O4/c1-24-14-16(13-23-24)15-25-9-11-26(12-10-25)20-19(21-7-8-22-20)17-3-5-18(27-2)6-4-17;5-3(6)1-2-4(7)8/h3-8,13-14H,9-12,15H2,1-2H3;1-2H,(H,5,6)(H,7,8). The minimum absolute atomic E-state index is 0.558. The Morgan fingerprint density at radius 3 is 2.17 bits per heavy atom. The van der Waals surface area contributed by atoms with Crippen molar-refractivity contribution in [3.63, 3.8) is 0 Å². The number of hydrogen-bond acceptors (Lipinski definition) is 8. The predicted molar refractivity (Wildman–Crippen MR) is 129 cm³/mol. The molecule has 0 amide bonds. The van der Waals surface area contributed by atoms with Crippen LogP contribution >= 0.6 is 0 Å². The summed E-state index contributed by atoms with van der Waals surface area (Å²) in [7, 11) is 3.63. The van der Waals surface area contributed by atoms with E-state index >= 15 is 0 Å². The minimum Gasteiger partial charge on any atom is -0.497 e. The number of benzene rings is 1. The van der Waals surface area contributed by atoms with Crippen molar-refractivity contribution < 1.29 is 24.5 Å². The van der Waals surface area contributed by atoms with Gasteiger partial charge in [-0.25, -0.2) is 14.6 Å². The summed E-state index contributed by atoms with van der Waals surface area (Å²) < 4.78 is 7.11. The number of hydrogen-bond donors (Lipinski definition) is 2. The Morgan fingerprint density at radius 1 is 1.00 bits per heavy atom. The number of carboxylic acids is 2. The lowest BCUT2D eigenvalue weighted by atomic mass is 10.1. The van der Waals surface area contributed by atoms with Crippen LogP contribution in [0.2, 0.25) is 0 Å². The number of piperazine rings is 1. The highest BCUT2D eigenvalue weighted by Gasteiger charge is 2.21. The molecular weight excluding hydrogens is 452 g/mol. The lowest BCUT2D eigenvalue weighted by Crippen LogP contribution is -2.46. The third kappa shape index (κ3) is 7.64. The van der Waals surface area contributed by atoms with Gasteiger partial charge in [0.1, 0.15) is 11.4 Å². The number of aliphatic carboxylic acids is 2. The van der Waals surface area contributed by atoms with Gasteiger partial charge in [0.25, 0.3) is 0 Å². The van der Waals surface area contributed by atoms with Crippen LogP contribution in [0, 0.1) is 0 Å². The first-order chi connectivity index (χ1) is 16.9. The first-order valence-corrected chi connectivity index (χ1v) is 10.9. The number of ether oxygens (including phenoxy) is 1. The van der Waals surface area contributed by atoms with E-state index in [0.29, 0.717) is 12.2 Å². The maximum atomic E-state index is 9.55. The molecule has 1 aliphatic rings. The summed E-state index contributed by atoms with van der Waals surface area (Å²) >= 11 is 0. The Morgan fingerprint density at radius 2 is 1.63 bits per heavy atom. The number of carboxylic acid groups (broad SMARTS) is 2. The van der Waals surface area contributed by atoms with Crippen molar-refractivity contribution in [3.8, 4) is 17.0 Å². The molecule has 4 rings (SSSR count). The van der Waals surface area contributed by atoms with Gasteiger partial charge < -0.3 is 19.8 Å². The number of aromatic nitrogens is 4. The summed E-state index contributed by atoms with van der Waals surface area (Å²) in [4.78, 5) is 33.1. The van der Waals surface area contributed by atoms with Crippen molar-refractivity contribution in [2.75, 3.05) is 38.2 Å². The zero-order chi connectivity index (χ0) is 25.2. The molecule has 0 aliphatic carbocycles. The van der Waals surface area contributed by atoms with Crippen LogP contribution in [0.3, 0.4) is 0 Å². The van der Waals surface area contributed by atoms with Gasteiger partial charge in [0.2, 0.25) is 0 Å². The van der Waals surface area contributed by atoms with Gasteiger partial charge in [0.05, 0.1) is 13.3 Å². The fraction of sp³-hybridized carbons (Fsp3) is 0.292. The van der Waals surface area contributed by atoms with Gasteiger partial charge in [-0.15, -0.1) is 0 Å². The number of nitrogens with zero attached hydrogens (tertiary/aromatic N) is 6. The molecule has 0 spiro atoms. The Bertz CT molecular complexity index is 1140. The fourth-order valence-electron chi connectivity index (χ4n) is 3.59. The normalized spacial score (nSPS) is 13.8. The van der Waals surface area contributed by atoms with Gasteiger partial charge in [0.15, 0.2) is 5.82 Å². The second-order valence-electron chi connectivity index (χ2n) is 7.75.